The molecule has 0 aliphatic rings. The van der Waals surface area contributed by atoms with E-state index in [2.05, 4.69) is 11.3 Å². The van der Waals surface area contributed by atoms with Gasteiger partial charge >= 0.3 is 0 Å². The Bertz CT molecular complexity index is 637. The molecule has 3 N–H and O–H groups in total. The van der Waals surface area contributed by atoms with Crippen LogP contribution in [0.3, 0.4) is 0 Å². The zero-order chi connectivity index (χ0) is 16.2. The first kappa shape index (κ1) is 17.7. The van der Waals surface area contributed by atoms with E-state index in [4.69, 9.17) is 10.5 Å². The largest absolute Gasteiger partial charge is 0.398 e. The monoisotopic (exact) mass is 312 g/mol. The van der Waals surface area contributed by atoms with Crippen LogP contribution in [0.4, 0.5) is 5.69 Å². The standard InChI is InChI=1S/C15H24N2O3S/c1-10(2)9-20-7-6-17-21(18,19)15-12(4)8-11(3)14(16)13(15)5/h8,17H,1,6-7,9,16H2,2-5H3. The molecule has 0 atom stereocenters. The fourth-order valence-electron chi connectivity index (χ4n) is 2.16. The van der Waals surface area contributed by atoms with Gasteiger partial charge < -0.3 is 10.5 Å². The van der Waals surface area contributed by atoms with Gasteiger partial charge in [-0.3, -0.25) is 0 Å². The highest BCUT2D eigenvalue weighted by Gasteiger charge is 2.21. The normalized spacial score (nSPS) is 11.6. The Hall–Kier alpha value is -1.37. The summed E-state index contributed by atoms with van der Waals surface area (Å²) in [5, 5.41) is 0. The van der Waals surface area contributed by atoms with E-state index in [9.17, 15) is 8.42 Å². The highest BCUT2D eigenvalue weighted by Crippen LogP contribution is 2.27. The molecule has 21 heavy (non-hydrogen) atoms. The number of rotatable bonds is 7. The molecule has 0 fully saturated rings. The summed E-state index contributed by atoms with van der Waals surface area (Å²) in [5.74, 6) is 0. The van der Waals surface area contributed by atoms with Crippen molar-refractivity contribution >= 4 is 15.7 Å². The maximum absolute atomic E-state index is 12.4. The van der Waals surface area contributed by atoms with E-state index in [1.807, 2.05) is 13.8 Å². The number of nitrogens with two attached hydrogens (primary N) is 1. The van der Waals surface area contributed by atoms with E-state index in [-0.39, 0.29) is 11.4 Å². The number of anilines is 1. The van der Waals surface area contributed by atoms with Crippen molar-refractivity contribution in [1.29, 1.82) is 0 Å². The summed E-state index contributed by atoms with van der Waals surface area (Å²) in [6, 6.07) is 1.79. The molecule has 1 aromatic carbocycles. The molecule has 0 saturated carbocycles. The van der Waals surface area contributed by atoms with Crippen molar-refractivity contribution < 1.29 is 13.2 Å². The Morgan fingerprint density at radius 1 is 1.33 bits per heavy atom. The van der Waals surface area contributed by atoms with E-state index in [1.54, 1.807) is 19.9 Å². The van der Waals surface area contributed by atoms with E-state index in [1.165, 1.54) is 0 Å². The lowest BCUT2D eigenvalue weighted by Crippen LogP contribution is -2.29. The number of ether oxygens (including phenoxy) is 1. The zero-order valence-corrected chi connectivity index (χ0v) is 13.9. The molecule has 0 aromatic heterocycles. The van der Waals surface area contributed by atoms with Crippen molar-refractivity contribution in [2.75, 3.05) is 25.5 Å². The average Bonchev–Trinajstić information content (AvgIpc) is 2.34. The lowest BCUT2D eigenvalue weighted by molar-refractivity contribution is 0.162. The molecule has 118 valence electrons. The first-order valence-electron chi connectivity index (χ1n) is 6.75. The van der Waals surface area contributed by atoms with Crippen molar-refractivity contribution in [3.05, 3.63) is 34.9 Å². The van der Waals surface area contributed by atoms with E-state index >= 15 is 0 Å². The SMILES string of the molecule is C=C(C)COCCNS(=O)(=O)c1c(C)cc(C)c(N)c1C. The highest BCUT2D eigenvalue weighted by atomic mass is 32.2. The molecule has 5 nitrogen and oxygen atoms in total. The number of nitrogen functional groups attached to an aromatic ring is 1. The smallest absolute Gasteiger partial charge is 0.241 e. The molecule has 6 heteroatoms. The van der Waals surface area contributed by atoms with Gasteiger partial charge in [0.1, 0.15) is 0 Å². The molecule has 0 saturated heterocycles. The second-order valence-corrected chi connectivity index (χ2v) is 6.99. The fraction of sp³-hybridized carbons (Fsp3) is 0.467. The van der Waals surface area contributed by atoms with Gasteiger partial charge in [-0.1, -0.05) is 18.2 Å². The van der Waals surface area contributed by atoms with Crippen LogP contribution in [-0.4, -0.2) is 28.2 Å². The van der Waals surface area contributed by atoms with Gasteiger partial charge in [-0.05, 0) is 44.4 Å². The van der Waals surface area contributed by atoms with E-state index in [0.29, 0.717) is 30.0 Å². The second-order valence-electron chi connectivity index (χ2n) is 5.29. The third-order valence-electron chi connectivity index (χ3n) is 3.12. The van der Waals surface area contributed by atoms with E-state index in [0.717, 1.165) is 11.1 Å². The van der Waals surface area contributed by atoms with Crippen molar-refractivity contribution in [3.63, 3.8) is 0 Å². The lowest BCUT2D eigenvalue weighted by Gasteiger charge is -2.15. The fourth-order valence-corrected chi connectivity index (χ4v) is 3.65. The number of aryl methyl sites for hydroxylation is 2. The third kappa shape index (κ3) is 4.56. The maximum atomic E-state index is 12.4. The molecular weight excluding hydrogens is 288 g/mol. The predicted octanol–water partition coefficient (Wildman–Crippen LogP) is 2.07. The quantitative estimate of drug-likeness (QED) is 0.459. The Morgan fingerprint density at radius 2 is 1.95 bits per heavy atom. The van der Waals surface area contributed by atoms with Gasteiger partial charge in [0, 0.05) is 12.2 Å². The first-order valence-corrected chi connectivity index (χ1v) is 8.23. The molecule has 1 aromatic rings. The summed E-state index contributed by atoms with van der Waals surface area (Å²) in [6.45, 7) is 11.9. The minimum atomic E-state index is -3.59. The topological polar surface area (TPSA) is 81.4 Å². The molecule has 0 bridgehead atoms. The summed E-state index contributed by atoms with van der Waals surface area (Å²) in [4.78, 5) is 0.255. The van der Waals surface area contributed by atoms with Gasteiger partial charge in [0.15, 0.2) is 0 Å². The Morgan fingerprint density at radius 3 is 2.52 bits per heavy atom. The summed E-state index contributed by atoms with van der Waals surface area (Å²) in [5.41, 5.74) is 9.50. The number of sulfonamides is 1. The summed E-state index contributed by atoms with van der Waals surface area (Å²) in [6.07, 6.45) is 0. The molecule has 0 unspecified atom stereocenters. The molecule has 1 rings (SSSR count). The molecule has 0 aliphatic carbocycles. The summed E-state index contributed by atoms with van der Waals surface area (Å²) >= 11 is 0. The van der Waals surface area contributed by atoms with Gasteiger partial charge in [-0.15, -0.1) is 0 Å². The van der Waals surface area contributed by atoms with Crippen LogP contribution >= 0.6 is 0 Å². The number of nitrogens with one attached hydrogen (secondary N) is 1. The molecule has 0 heterocycles. The number of benzene rings is 1. The van der Waals surface area contributed by atoms with Crippen LogP contribution in [0, 0.1) is 20.8 Å². The third-order valence-corrected chi connectivity index (χ3v) is 4.87. The molecule has 0 aliphatic heterocycles. The number of hydrogen-bond donors (Lipinski definition) is 2. The molecule has 0 radical (unpaired) electrons. The van der Waals surface area contributed by atoms with Gasteiger partial charge in [-0.2, -0.15) is 0 Å². The summed E-state index contributed by atoms with van der Waals surface area (Å²) in [7, 11) is -3.59. The van der Waals surface area contributed by atoms with Crippen LogP contribution in [0.2, 0.25) is 0 Å². The maximum Gasteiger partial charge on any atom is 0.241 e. The van der Waals surface area contributed by atoms with Crippen molar-refractivity contribution in [2.45, 2.75) is 32.6 Å². The Balaban J connectivity index is 2.85. The Labute approximate surface area is 127 Å². The minimum absolute atomic E-state index is 0.211. The van der Waals surface area contributed by atoms with E-state index < -0.39 is 10.0 Å². The van der Waals surface area contributed by atoms with Gasteiger partial charge in [0.05, 0.1) is 18.1 Å². The Kier molecular flexibility index (Phi) is 5.95. The van der Waals surface area contributed by atoms with Crippen molar-refractivity contribution in [1.82, 2.24) is 4.72 Å². The second kappa shape index (κ2) is 7.06. The molecule has 0 amide bonds. The molecule has 0 spiro atoms. The van der Waals surface area contributed by atoms with Gasteiger partial charge in [0.2, 0.25) is 10.0 Å². The van der Waals surface area contributed by atoms with Crippen LogP contribution in [0.5, 0.6) is 0 Å². The highest BCUT2D eigenvalue weighted by molar-refractivity contribution is 7.89. The van der Waals surface area contributed by atoms with Crippen LogP contribution in [0.25, 0.3) is 0 Å². The van der Waals surface area contributed by atoms with Crippen LogP contribution < -0.4 is 10.5 Å². The predicted molar refractivity (Wildman–Crippen MR) is 85.9 cm³/mol. The van der Waals surface area contributed by atoms with Gasteiger partial charge in [-0.25, -0.2) is 13.1 Å². The van der Waals surface area contributed by atoms with Crippen molar-refractivity contribution in [3.8, 4) is 0 Å². The lowest BCUT2D eigenvalue weighted by atomic mass is 10.1. The van der Waals surface area contributed by atoms with Crippen LogP contribution in [0.15, 0.2) is 23.1 Å². The van der Waals surface area contributed by atoms with Crippen LogP contribution in [0.1, 0.15) is 23.6 Å². The number of hydrogen-bond acceptors (Lipinski definition) is 4. The average molecular weight is 312 g/mol. The zero-order valence-electron chi connectivity index (χ0n) is 13.1. The van der Waals surface area contributed by atoms with Crippen LogP contribution in [-0.2, 0) is 14.8 Å². The molecular formula is C15H24N2O3S. The summed E-state index contributed by atoms with van der Waals surface area (Å²) < 4.78 is 32.6. The van der Waals surface area contributed by atoms with Gasteiger partial charge in [0.25, 0.3) is 0 Å². The van der Waals surface area contributed by atoms with Crippen molar-refractivity contribution in [2.24, 2.45) is 0 Å². The first-order chi connectivity index (χ1) is 9.66. The minimum Gasteiger partial charge on any atom is -0.398 e.